The fourth-order valence-corrected chi connectivity index (χ4v) is 9.86. The van der Waals surface area contributed by atoms with Crippen LogP contribution in [0.4, 0.5) is 0 Å². The Kier molecular flexibility index (Phi) is 6.84. The molecule has 0 N–H and O–H groups in total. The number of hydrogen-bond acceptors (Lipinski definition) is 3. The summed E-state index contributed by atoms with van der Waals surface area (Å²) in [5, 5.41) is 4.50. The average molecular weight is 724 g/mol. The lowest BCUT2D eigenvalue weighted by molar-refractivity contribution is 0.794. The second-order valence-corrected chi connectivity index (χ2v) is 15.0. The van der Waals surface area contributed by atoms with Gasteiger partial charge in [-0.2, -0.15) is 0 Å². The molecule has 0 amide bonds. The topological polar surface area (TPSA) is 38.7 Å². The van der Waals surface area contributed by atoms with Crippen molar-refractivity contribution in [2.75, 3.05) is 0 Å². The van der Waals surface area contributed by atoms with Crippen LogP contribution >= 0.6 is 0 Å². The Morgan fingerprint density at radius 2 is 0.596 bits per heavy atom. The molecular weight excluding hydrogens is 691 g/mol. The van der Waals surface area contributed by atoms with Gasteiger partial charge in [-0.15, -0.1) is 0 Å². The molecule has 57 heavy (non-hydrogen) atoms. The molecular formula is C54H33N3. The minimum Gasteiger partial charge on any atom is -0.208 e. The molecule has 3 nitrogen and oxygen atoms in total. The van der Waals surface area contributed by atoms with Gasteiger partial charge in [0.15, 0.2) is 17.5 Å². The smallest absolute Gasteiger partial charge is 0.164 e. The van der Waals surface area contributed by atoms with E-state index in [-0.39, 0.29) is 0 Å². The van der Waals surface area contributed by atoms with Gasteiger partial charge >= 0.3 is 0 Å². The first-order valence-electron chi connectivity index (χ1n) is 19.5. The van der Waals surface area contributed by atoms with Crippen LogP contribution in [0.25, 0.3) is 89.1 Å². The Hall–Kier alpha value is -7.49. The highest BCUT2D eigenvalue weighted by Crippen LogP contribution is 2.64. The number of hydrogen-bond donors (Lipinski definition) is 0. The molecule has 3 heteroatoms. The summed E-state index contributed by atoms with van der Waals surface area (Å²) in [5.74, 6) is 1.94. The van der Waals surface area contributed by atoms with Crippen molar-refractivity contribution in [2.45, 2.75) is 5.41 Å². The van der Waals surface area contributed by atoms with Gasteiger partial charge < -0.3 is 0 Å². The van der Waals surface area contributed by atoms with Crippen LogP contribution in [0, 0.1) is 0 Å². The largest absolute Gasteiger partial charge is 0.208 e. The van der Waals surface area contributed by atoms with Gasteiger partial charge in [-0.3, -0.25) is 0 Å². The Labute approximate surface area is 330 Å². The van der Waals surface area contributed by atoms with Crippen molar-refractivity contribution in [3.63, 3.8) is 0 Å². The molecule has 10 aromatic rings. The predicted octanol–water partition coefficient (Wildman–Crippen LogP) is 13.2. The number of nitrogens with zero attached hydrogens (tertiary/aromatic N) is 3. The summed E-state index contributed by atoms with van der Waals surface area (Å²) in [6.07, 6.45) is 0. The maximum atomic E-state index is 5.36. The molecule has 264 valence electrons. The van der Waals surface area contributed by atoms with Crippen molar-refractivity contribution in [1.29, 1.82) is 0 Å². The molecule has 2 aliphatic carbocycles. The molecule has 12 rings (SSSR count). The van der Waals surface area contributed by atoms with E-state index in [1.54, 1.807) is 0 Å². The van der Waals surface area contributed by atoms with Crippen LogP contribution in [0.1, 0.15) is 22.3 Å². The number of rotatable bonds is 4. The molecule has 0 bridgehead atoms. The summed E-state index contributed by atoms with van der Waals surface area (Å²) >= 11 is 0. The summed E-state index contributed by atoms with van der Waals surface area (Å²) in [6, 6.07) is 72.0. The van der Waals surface area contributed by atoms with Crippen molar-refractivity contribution in [3.8, 4) is 67.5 Å². The molecule has 0 saturated carbocycles. The molecule has 1 aromatic heterocycles. The highest BCUT2D eigenvalue weighted by Gasteiger charge is 2.52. The normalized spacial score (nSPS) is 13.1. The predicted molar refractivity (Wildman–Crippen MR) is 233 cm³/mol. The molecule has 0 atom stereocenters. The maximum Gasteiger partial charge on any atom is 0.164 e. The van der Waals surface area contributed by atoms with Crippen molar-refractivity contribution < 1.29 is 0 Å². The summed E-state index contributed by atoms with van der Waals surface area (Å²) in [4.78, 5) is 16.0. The zero-order valence-electron chi connectivity index (χ0n) is 30.9. The SMILES string of the molecule is c1ccc(-c2cccc3c2-c2ccccc2C32c3ccccc3-c3ccccc32)c(-c2nc(-c3cccc4ccccc34)nc(-c3cccc4ccccc34)n2)c1. The molecule has 9 aromatic carbocycles. The molecule has 0 unspecified atom stereocenters. The summed E-state index contributed by atoms with van der Waals surface area (Å²) in [7, 11) is 0. The first-order valence-corrected chi connectivity index (χ1v) is 19.5. The highest BCUT2D eigenvalue weighted by molar-refractivity contribution is 6.02. The quantitative estimate of drug-likeness (QED) is 0.181. The van der Waals surface area contributed by atoms with E-state index in [1.807, 2.05) is 0 Å². The van der Waals surface area contributed by atoms with Gasteiger partial charge in [0.05, 0.1) is 5.41 Å². The lowest BCUT2D eigenvalue weighted by Crippen LogP contribution is -2.25. The van der Waals surface area contributed by atoms with E-state index in [9.17, 15) is 0 Å². The Balaban J connectivity index is 1.13. The second kappa shape index (κ2) is 12.3. The zero-order chi connectivity index (χ0) is 37.5. The number of aromatic nitrogens is 3. The molecule has 0 aliphatic heterocycles. The van der Waals surface area contributed by atoms with E-state index in [0.29, 0.717) is 17.5 Å². The summed E-state index contributed by atoms with van der Waals surface area (Å²) in [6.45, 7) is 0. The minimum atomic E-state index is -0.430. The van der Waals surface area contributed by atoms with E-state index in [0.717, 1.165) is 49.4 Å². The van der Waals surface area contributed by atoms with Crippen LogP contribution in [0.5, 0.6) is 0 Å². The van der Waals surface area contributed by atoms with E-state index in [2.05, 4.69) is 200 Å². The lowest BCUT2D eigenvalue weighted by Gasteiger charge is -2.30. The molecule has 1 spiro atoms. The Bertz CT molecular complexity index is 3110. The second-order valence-electron chi connectivity index (χ2n) is 15.0. The summed E-state index contributed by atoms with van der Waals surface area (Å²) in [5.41, 5.74) is 15.1. The van der Waals surface area contributed by atoms with Crippen molar-refractivity contribution in [3.05, 3.63) is 222 Å². The van der Waals surface area contributed by atoms with Crippen LogP contribution < -0.4 is 0 Å². The highest BCUT2D eigenvalue weighted by atomic mass is 15.0. The van der Waals surface area contributed by atoms with Crippen LogP contribution in [0.15, 0.2) is 200 Å². The van der Waals surface area contributed by atoms with Gasteiger partial charge in [0.25, 0.3) is 0 Å². The zero-order valence-corrected chi connectivity index (χ0v) is 30.9. The Morgan fingerprint density at radius 1 is 0.246 bits per heavy atom. The molecule has 0 fully saturated rings. The number of benzene rings is 9. The third-order valence-corrected chi connectivity index (χ3v) is 12.2. The van der Waals surface area contributed by atoms with Crippen molar-refractivity contribution in [2.24, 2.45) is 0 Å². The van der Waals surface area contributed by atoms with Crippen LogP contribution in [0.2, 0.25) is 0 Å². The average Bonchev–Trinajstić information content (AvgIpc) is 3.76. The summed E-state index contributed by atoms with van der Waals surface area (Å²) < 4.78 is 0. The first kappa shape index (κ1) is 31.8. The third kappa shape index (κ3) is 4.51. The van der Waals surface area contributed by atoms with E-state index in [4.69, 9.17) is 15.0 Å². The molecule has 2 aliphatic rings. The standard InChI is InChI=1S/C54H33N3/c1-3-20-36-34(16-1)18-13-28-42(36)51-55-52(43-29-14-19-35-17-2-4-21-37(35)43)57-53(56-51)44-25-6-5-22-38(44)41-27-15-33-49-50(41)45-26-9-12-32-48(45)54(49)46-30-10-7-23-39(46)40-24-8-11-31-47(40)54/h1-33H. The fraction of sp³-hybridized carbons (Fsp3) is 0.0185. The van der Waals surface area contributed by atoms with E-state index in [1.165, 1.54) is 44.5 Å². The van der Waals surface area contributed by atoms with Gasteiger partial charge in [0.1, 0.15) is 0 Å². The minimum absolute atomic E-state index is 0.430. The van der Waals surface area contributed by atoms with Gasteiger partial charge in [-0.25, -0.2) is 15.0 Å². The van der Waals surface area contributed by atoms with Gasteiger partial charge in [-0.1, -0.05) is 200 Å². The van der Waals surface area contributed by atoms with Crippen LogP contribution in [-0.4, -0.2) is 15.0 Å². The maximum absolute atomic E-state index is 5.36. The third-order valence-electron chi connectivity index (χ3n) is 12.2. The van der Waals surface area contributed by atoms with Crippen LogP contribution in [0.3, 0.4) is 0 Å². The van der Waals surface area contributed by atoms with E-state index >= 15 is 0 Å². The molecule has 0 saturated heterocycles. The number of fused-ring (bicyclic) bond motifs is 12. The monoisotopic (exact) mass is 723 g/mol. The first-order chi connectivity index (χ1) is 28.3. The van der Waals surface area contributed by atoms with Crippen molar-refractivity contribution >= 4 is 21.5 Å². The fourth-order valence-electron chi connectivity index (χ4n) is 9.86. The lowest BCUT2D eigenvalue weighted by atomic mass is 9.70. The van der Waals surface area contributed by atoms with Gasteiger partial charge in [-0.05, 0) is 77.2 Å². The van der Waals surface area contributed by atoms with Gasteiger partial charge in [0.2, 0.25) is 0 Å². The van der Waals surface area contributed by atoms with E-state index < -0.39 is 5.41 Å². The van der Waals surface area contributed by atoms with Crippen molar-refractivity contribution in [1.82, 2.24) is 15.0 Å². The van der Waals surface area contributed by atoms with Crippen LogP contribution in [-0.2, 0) is 5.41 Å². The molecule has 1 heterocycles. The Morgan fingerprint density at radius 3 is 1.18 bits per heavy atom. The molecule has 0 radical (unpaired) electrons. The van der Waals surface area contributed by atoms with Gasteiger partial charge in [0, 0.05) is 16.7 Å².